The van der Waals surface area contributed by atoms with Gasteiger partial charge < -0.3 is 18.9 Å². The number of phosphoric acid groups is 1. The van der Waals surface area contributed by atoms with Crippen LogP contribution in [-0.2, 0) is 37.1 Å². The smallest absolute Gasteiger partial charge is 0.379 e. The number of halogens is 1. The van der Waals surface area contributed by atoms with Gasteiger partial charge in [-0.25, -0.2) is 4.57 Å². The fraction of sp³-hybridized carbons (Fsp3) is 1.00. The summed E-state index contributed by atoms with van der Waals surface area (Å²) in [7, 11) is -3.96. The Morgan fingerprint density at radius 2 is 0.400 bits per heavy atom. The van der Waals surface area contributed by atoms with Crippen LogP contribution in [0.15, 0.2) is 0 Å². The Kier molecular flexibility index (Phi) is 80.5. The molecule has 0 saturated heterocycles. The molecule has 8 nitrogen and oxygen atoms in total. The molecule has 2 atom stereocenters. The van der Waals surface area contributed by atoms with Gasteiger partial charge in [0.2, 0.25) is 0 Å². The second kappa shape index (κ2) is 80.1. The van der Waals surface area contributed by atoms with E-state index in [0.29, 0.717) is 45.0 Å². The van der Waals surface area contributed by atoms with Crippen LogP contribution in [-0.4, -0.2) is 77.0 Å². The van der Waals surface area contributed by atoms with Crippen LogP contribution < -0.4 is 0 Å². The quantitative estimate of drug-likeness (QED) is 0.0338. The number of rotatable bonds is 83. The third-order valence-corrected chi connectivity index (χ3v) is 20.5. The SMILES string of the molecule is CCCCCCCCCCCCCCCCCCOC[C@H](COP(=O)(OCCBr)OC[C@@H](COCCCCCCCCCCCCCCCCCC)OCCCCCCCCCCCCCCCCCC)OCCCCCCCCCCCCCCCCCC. The Hall–Kier alpha value is 0.430. The molecular formula is C80H162BrO8P. The largest absolute Gasteiger partial charge is 0.474 e. The van der Waals surface area contributed by atoms with Gasteiger partial charge in [0.15, 0.2) is 0 Å². The van der Waals surface area contributed by atoms with Crippen molar-refractivity contribution in [3.63, 3.8) is 0 Å². The van der Waals surface area contributed by atoms with Gasteiger partial charge in [0.25, 0.3) is 0 Å². The van der Waals surface area contributed by atoms with Crippen LogP contribution in [0.3, 0.4) is 0 Å². The minimum atomic E-state index is -3.96. The first-order chi connectivity index (χ1) is 44.5. The van der Waals surface area contributed by atoms with E-state index in [2.05, 4.69) is 43.6 Å². The van der Waals surface area contributed by atoms with Crippen molar-refractivity contribution in [3.05, 3.63) is 0 Å². The summed E-state index contributed by atoms with van der Waals surface area (Å²) in [6.45, 7) is 13.0. The second-order valence-corrected chi connectivity index (χ2v) is 30.4. The van der Waals surface area contributed by atoms with E-state index < -0.39 is 7.82 Å². The Labute approximate surface area is 573 Å². The fourth-order valence-corrected chi connectivity index (χ4v) is 14.3. The molecule has 0 amide bonds. The van der Waals surface area contributed by atoms with Crippen LogP contribution >= 0.6 is 23.8 Å². The van der Waals surface area contributed by atoms with Crippen molar-refractivity contribution in [2.45, 2.75) is 451 Å². The first-order valence-electron chi connectivity index (χ1n) is 41.0. The first-order valence-corrected chi connectivity index (χ1v) is 43.6. The molecule has 0 aromatic carbocycles. The molecule has 542 valence electrons. The zero-order chi connectivity index (χ0) is 64.9. The number of alkyl halides is 1. The highest BCUT2D eigenvalue weighted by Crippen LogP contribution is 2.50. The minimum absolute atomic E-state index is 0.0812. The summed E-state index contributed by atoms with van der Waals surface area (Å²) < 4.78 is 58.2. The zero-order valence-electron chi connectivity index (χ0n) is 61.6. The Bertz CT molecular complexity index is 1240. The molecule has 0 aliphatic heterocycles. The number of hydrogen-bond donors (Lipinski definition) is 0. The van der Waals surface area contributed by atoms with E-state index >= 15 is 0 Å². The molecule has 0 saturated carbocycles. The van der Waals surface area contributed by atoms with Gasteiger partial charge in [0.05, 0.1) is 33.0 Å². The third-order valence-electron chi connectivity index (χ3n) is 18.8. The Morgan fingerprint density at radius 1 is 0.222 bits per heavy atom. The summed E-state index contributed by atoms with van der Waals surface area (Å²) in [4.78, 5) is 0. The van der Waals surface area contributed by atoms with Gasteiger partial charge in [0.1, 0.15) is 12.2 Å². The third kappa shape index (κ3) is 74.2. The van der Waals surface area contributed by atoms with Gasteiger partial charge in [-0.15, -0.1) is 0 Å². The molecule has 0 radical (unpaired) electrons. The van der Waals surface area contributed by atoms with Gasteiger partial charge in [0, 0.05) is 31.8 Å². The van der Waals surface area contributed by atoms with E-state index in [0.717, 1.165) is 38.5 Å². The normalized spacial score (nSPS) is 12.7. The van der Waals surface area contributed by atoms with Gasteiger partial charge >= 0.3 is 7.82 Å². The molecule has 90 heavy (non-hydrogen) atoms. The zero-order valence-corrected chi connectivity index (χ0v) is 64.1. The van der Waals surface area contributed by atoms with E-state index in [1.165, 1.54) is 372 Å². The average molecular weight is 1360 g/mol. The molecule has 0 bridgehead atoms. The van der Waals surface area contributed by atoms with Crippen LogP contribution in [0.1, 0.15) is 439 Å². The molecule has 0 spiro atoms. The average Bonchev–Trinajstić information content (AvgIpc) is 3.76. The highest BCUT2D eigenvalue weighted by molar-refractivity contribution is 9.09. The van der Waals surface area contributed by atoms with E-state index in [-0.39, 0.29) is 32.0 Å². The maximum absolute atomic E-state index is 14.5. The first kappa shape index (κ1) is 90.4. The van der Waals surface area contributed by atoms with E-state index in [1.54, 1.807) is 0 Å². The fourth-order valence-electron chi connectivity index (χ4n) is 12.6. The van der Waals surface area contributed by atoms with Gasteiger partial charge in [-0.1, -0.05) is 429 Å². The monoisotopic (exact) mass is 1360 g/mol. The predicted octanol–water partition coefficient (Wildman–Crippen LogP) is 28.4. The number of hydrogen-bond acceptors (Lipinski definition) is 8. The van der Waals surface area contributed by atoms with Crippen molar-refractivity contribution >= 4 is 23.8 Å². The molecular weight excluding hydrogens is 1200 g/mol. The molecule has 0 aromatic heterocycles. The molecule has 0 aliphatic carbocycles. The van der Waals surface area contributed by atoms with Crippen LogP contribution in [0.2, 0.25) is 0 Å². The van der Waals surface area contributed by atoms with Crippen molar-refractivity contribution in [1.82, 2.24) is 0 Å². The molecule has 0 N–H and O–H groups in total. The number of ether oxygens (including phenoxy) is 4. The van der Waals surface area contributed by atoms with Crippen molar-refractivity contribution in [3.8, 4) is 0 Å². The number of phosphoric ester groups is 1. The minimum Gasteiger partial charge on any atom is -0.379 e. The molecule has 10 heteroatoms. The van der Waals surface area contributed by atoms with E-state index in [9.17, 15) is 4.57 Å². The van der Waals surface area contributed by atoms with Crippen LogP contribution in [0.5, 0.6) is 0 Å². The van der Waals surface area contributed by atoms with Crippen LogP contribution in [0, 0.1) is 0 Å². The van der Waals surface area contributed by atoms with Crippen molar-refractivity contribution in [2.75, 3.05) is 64.8 Å². The summed E-state index contributed by atoms with van der Waals surface area (Å²) in [6.07, 6.45) is 85.4. The van der Waals surface area contributed by atoms with Crippen molar-refractivity contribution in [2.24, 2.45) is 0 Å². The summed E-state index contributed by atoms with van der Waals surface area (Å²) in [6, 6.07) is 0. The lowest BCUT2D eigenvalue weighted by molar-refractivity contribution is -0.0582. The van der Waals surface area contributed by atoms with Gasteiger partial charge in [-0.2, -0.15) is 0 Å². The van der Waals surface area contributed by atoms with Gasteiger partial charge in [-0.3, -0.25) is 13.6 Å². The summed E-state index contributed by atoms with van der Waals surface area (Å²) >= 11 is 3.48. The van der Waals surface area contributed by atoms with Crippen molar-refractivity contribution in [1.29, 1.82) is 0 Å². The summed E-state index contributed by atoms with van der Waals surface area (Å²) in [5, 5.41) is 0.521. The maximum atomic E-state index is 14.5. The summed E-state index contributed by atoms with van der Waals surface area (Å²) in [5.41, 5.74) is 0. The molecule has 0 fully saturated rings. The van der Waals surface area contributed by atoms with Gasteiger partial charge in [-0.05, 0) is 25.7 Å². The van der Waals surface area contributed by atoms with E-state index in [1.807, 2.05) is 0 Å². The van der Waals surface area contributed by atoms with Crippen LogP contribution in [0.4, 0.5) is 0 Å². The van der Waals surface area contributed by atoms with Crippen LogP contribution in [0.25, 0.3) is 0 Å². The standard InChI is InChI=1S/C80H162BrO8P/c1-5-9-13-17-21-25-29-33-37-41-45-49-53-57-61-65-70-83-75-79(85-72-67-63-59-55-51-47-43-39-35-31-27-23-19-15-11-7-3)77-88-90(82,87-74-69-81)89-78-80(86-73-68-64-60-56-52-48-44-40-36-32-28-24-20-16-12-8-4)76-84-71-66-62-58-54-50-46-42-38-34-30-26-22-18-14-10-6-2/h79-80H,5-78H2,1-4H3/t79-,80-/m1/s1. The molecule has 0 aliphatic rings. The lowest BCUT2D eigenvalue weighted by atomic mass is 10.0. The van der Waals surface area contributed by atoms with E-state index in [4.69, 9.17) is 32.5 Å². The maximum Gasteiger partial charge on any atom is 0.474 e. The summed E-state index contributed by atoms with van der Waals surface area (Å²) in [5.74, 6) is 0. The highest BCUT2D eigenvalue weighted by Gasteiger charge is 2.30. The molecule has 0 heterocycles. The molecule has 0 aromatic rings. The topological polar surface area (TPSA) is 81.7 Å². The van der Waals surface area contributed by atoms with Crippen molar-refractivity contribution < 1.29 is 37.1 Å². The Morgan fingerprint density at radius 3 is 0.589 bits per heavy atom. The highest BCUT2D eigenvalue weighted by atomic mass is 79.9. The number of unbranched alkanes of at least 4 members (excludes halogenated alkanes) is 60. The predicted molar refractivity (Wildman–Crippen MR) is 399 cm³/mol. The lowest BCUT2D eigenvalue weighted by Crippen LogP contribution is -2.28. The molecule has 0 unspecified atom stereocenters. The second-order valence-electron chi connectivity index (χ2n) is 27.9. The lowest BCUT2D eigenvalue weighted by Gasteiger charge is -2.24. The Balaban J connectivity index is 5.20. The molecule has 0 rings (SSSR count).